The Hall–Kier alpha value is -1.04. The van der Waals surface area contributed by atoms with Crippen molar-refractivity contribution in [3.8, 4) is 0 Å². The molecule has 0 aliphatic heterocycles. The summed E-state index contributed by atoms with van der Waals surface area (Å²) in [4.78, 5) is 0. The second kappa shape index (κ2) is 11.6. The van der Waals surface area contributed by atoms with E-state index in [9.17, 15) is 0 Å². The van der Waals surface area contributed by atoms with Crippen LogP contribution in [0.25, 0.3) is 0 Å². The van der Waals surface area contributed by atoms with E-state index in [0.29, 0.717) is 31.3 Å². The Balaban J connectivity index is 3.19. The quantitative estimate of drug-likeness (QED) is 0.319. The second-order valence-corrected chi connectivity index (χ2v) is 6.83. The van der Waals surface area contributed by atoms with Gasteiger partial charge in [-0.1, -0.05) is 40.0 Å². The molecule has 152 valence electrons. The molecule has 0 unspecified atom stereocenters. The van der Waals surface area contributed by atoms with Crippen LogP contribution >= 0.6 is 0 Å². The van der Waals surface area contributed by atoms with Crippen LogP contribution in [0.4, 0.5) is 0 Å². The van der Waals surface area contributed by atoms with Crippen molar-refractivity contribution in [2.24, 2.45) is 0 Å². The topological polar surface area (TPSA) is 46.2 Å². The predicted octanol–water partition coefficient (Wildman–Crippen LogP) is 4.97. The average molecular weight is 371 g/mol. The molecule has 0 amide bonds. The second-order valence-electron chi connectivity index (χ2n) is 6.83. The molecule has 1 aliphatic carbocycles. The van der Waals surface area contributed by atoms with E-state index in [4.69, 9.17) is 23.7 Å². The molecule has 0 aromatic carbocycles. The fourth-order valence-electron chi connectivity index (χ4n) is 2.68. The van der Waals surface area contributed by atoms with E-state index in [0.717, 1.165) is 38.5 Å². The molecule has 5 heteroatoms. The minimum Gasteiger partial charge on any atom is -0.492 e. The first kappa shape index (κ1) is 23.0. The van der Waals surface area contributed by atoms with Gasteiger partial charge in [0.05, 0.1) is 19.8 Å². The van der Waals surface area contributed by atoms with E-state index in [1.54, 1.807) is 14.2 Å². The van der Waals surface area contributed by atoms with Gasteiger partial charge in [0, 0.05) is 14.2 Å². The van der Waals surface area contributed by atoms with Crippen molar-refractivity contribution in [2.45, 2.75) is 77.6 Å². The van der Waals surface area contributed by atoms with E-state index in [1.807, 2.05) is 19.1 Å². The summed E-state index contributed by atoms with van der Waals surface area (Å²) in [5, 5.41) is 0. The normalized spacial score (nSPS) is 25.6. The number of rotatable bonds is 14. The molecule has 1 rings (SSSR count). The Morgan fingerprint density at radius 3 is 1.58 bits per heavy atom. The first-order valence-electron chi connectivity index (χ1n) is 9.98. The SMILES string of the molecule is CCCCOC1=CC(C)(OC)C=C(OCCCC)C1(OC)OCCCC. The maximum absolute atomic E-state index is 6.22. The fraction of sp³-hybridized carbons (Fsp3) is 0.810. The van der Waals surface area contributed by atoms with Gasteiger partial charge in [-0.05, 0) is 38.3 Å². The van der Waals surface area contributed by atoms with E-state index >= 15 is 0 Å². The average Bonchev–Trinajstić information content (AvgIpc) is 2.64. The van der Waals surface area contributed by atoms with Gasteiger partial charge in [-0.2, -0.15) is 0 Å². The van der Waals surface area contributed by atoms with Gasteiger partial charge in [-0.3, -0.25) is 0 Å². The van der Waals surface area contributed by atoms with Gasteiger partial charge in [-0.15, -0.1) is 0 Å². The number of ether oxygens (including phenoxy) is 5. The zero-order valence-corrected chi connectivity index (χ0v) is 17.6. The summed E-state index contributed by atoms with van der Waals surface area (Å²) in [6, 6.07) is 0. The zero-order valence-electron chi connectivity index (χ0n) is 17.6. The van der Waals surface area contributed by atoms with Crippen LogP contribution < -0.4 is 0 Å². The Bertz CT molecular complexity index is 427. The maximum atomic E-state index is 6.22. The maximum Gasteiger partial charge on any atom is 0.287 e. The largest absolute Gasteiger partial charge is 0.492 e. The van der Waals surface area contributed by atoms with Crippen molar-refractivity contribution in [1.82, 2.24) is 0 Å². The van der Waals surface area contributed by atoms with Gasteiger partial charge in [0.15, 0.2) is 11.5 Å². The third-order valence-electron chi connectivity index (χ3n) is 4.53. The lowest BCUT2D eigenvalue weighted by Gasteiger charge is -2.41. The molecule has 0 fully saturated rings. The van der Waals surface area contributed by atoms with Crippen molar-refractivity contribution in [3.05, 3.63) is 23.7 Å². The molecular weight excluding hydrogens is 332 g/mol. The van der Waals surface area contributed by atoms with Crippen LogP contribution in [0.3, 0.4) is 0 Å². The molecule has 0 saturated carbocycles. The lowest BCUT2D eigenvalue weighted by molar-refractivity contribution is -0.219. The molecule has 0 N–H and O–H groups in total. The highest BCUT2D eigenvalue weighted by atomic mass is 16.7. The van der Waals surface area contributed by atoms with Gasteiger partial charge in [-0.25, -0.2) is 0 Å². The smallest absolute Gasteiger partial charge is 0.287 e. The van der Waals surface area contributed by atoms with Crippen LogP contribution in [-0.4, -0.2) is 45.4 Å². The number of unbranched alkanes of at least 4 members (excludes halogenated alkanes) is 3. The summed E-state index contributed by atoms with van der Waals surface area (Å²) in [5.41, 5.74) is -0.626. The first-order chi connectivity index (χ1) is 12.5. The molecule has 0 spiro atoms. The monoisotopic (exact) mass is 370 g/mol. The Labute approximate surface area is 159 Å². The Morgan fingerprint density at radius 2 is 1.19 bits per heavy atom. The third-order valence-corrected chi connectivity index (χ3v) is 4.53. The van der Waals surface area contributed by atoms with Gasteiger partial charge < -0.3 is 23.7 Å². The standard InChI is InChI=1S/C21H38O5/c1-7-10-13-24-18-16-20(4,22-5)17-19(25-14-11-8-2)21(18,23-6)26-15-12-9-3/h16-17H,7-15H2,1-6H3. The summed E-state index contributed by atoms with van der Waals surface area (Å²) in [6.45, 7) is 10.2. The fourth-order valence-corrected chi connectivity index (χ4v) is 2.68. The molecule has 0 aromatic heterocycles. The molecule has 0 bridgehead atoms. The summed E-state index contributed by atoms with van der Waals surface area (Å²) in [5.74, 6) is 0.0834. The van der Waals surface area contributed by atoms with Crippen LogP contribution in [0.5, 0.6) is 0 Å². The summed E-state index contributed by atoms with van der Waals surface area (Å²) in [7, 11) is 3.31. The number of methoxy groups -OCH3 is 2. The highest BCUT2D eigenvalue weighted by Crippen LogP contribution is 2.40. The first-order valence-corrected chi connectivity index (χ1v) is 9.98. The van der Waals surface area contributed by atoms with Crippen molar-refractivity contribution < 1.29 is 23.7 Å². The van der Waals surface area contributed by atoms with E-state index in [2.05, 4.69) is 20.8 Å². The van der Waals surface area contributed by atoms with Gasteiger partial charge in [0.25, 0.3) is 5.79 Å². The van der Waals surface area contributed by atoms with Crippen molar-refractivity contribution in [2.75, 3.05) is 34.0 Å². The molecule has 0 saturated heterocycles. The number of hydrogen-bond acceptors (Lipinski definition) is 5. The Morgan fingerprint density at radius 1 is 0.731 bits per heavy atom. The Kier molecular flexibility index (Phi) is 10.3. The minimum atomic E-state index is -1.14. The van der Waals surface area contributed by atoms with E-state index in [1.165, 1.54) is 0 Å². The van der Waals surface area contributed by atoms with Crippen molar-refractivity contribution in [1.29, 1.82) is 0 Å². The van der Waals surface area contributed by atoms with Gasteiger partial charge in [0.1, 0.15) is 5.60 Å². The molecule has 26 heavy (non-hydrogen) atoms. The van der Waals surface area contributed by atoms with Crippen LogP contribution in [0, 0.1) is 0 Å². The molecular formula is C21H38O5. The molecule has 0 atom stereocenters. The highest BCUT2D eigenvalue weighted by molar-refractivity contribution is 5.35. The van der Waals surface area contributed by atoms with Crippen LogP contribution in [-0.2, 0) is 23.7 Å². The molecule has 5 nitrogen and oxygen atoms in total. The van der Waals surface area contributed by atoms with Gasteiger partial charge in [0.2, 0.25) is 0 Å². The van der Waals surface area contributed by atoms with Crippen LogP contribution in [0.15, 0.2) is 23.7 Å². The summed E-state index contributed by atoms with van der Waals surface area (Å²) in [6.07, 6.45) is 9.90. The van der Waals surface area contributed by atoms with Crippen LogP contribution in [0.2, 0.25) is 0 Å². The molecule has 0 radical (unpaired) electrons. The van der Waals surface area contributed by atoms with E-state index < -0.39 is 11.4 Å². The number of hydrogen-bond donors (Lipinski definition) is 0. The third kappa shape index (κ3) is 6.00. The summed E-state index contributed by atoms with van der Waals surface area (Å²) >= 11 is 0. The highest BCUT2D eigenvalue weighted by Gasteiger charge is 2.49. The van der Waals surface area contributed by atoms with Gasteiger partial charge >= 0.3 is 0 Å². The lowest BCUT2D eigenvalue weighted by Crippen LogP contribution is -2.47. The molecule has 1 aliphatic rings. The minimum absolute atomic E-state index is 0.566. The van der Waals surface area contributed by atoms with Crippen molar-refractivity contribution >= 4 is 0 Å². The predicted molar refractivity (Wildman–Crippen MR) is 104 cm³/mol. The lowest BCUT2D eigenvalue weighted by atomic mass is 9.93. The van der Waals surface area contributed by atoms with E-state index in [-0.39, 0.29) is 0 Å². The molecule has 0 aromatic rings. The van der Waals surface area contributed by atoms with Crippen molar-refractivity contribution in [3.63, 3.8) is 0 Å². The molecule has 0 heterocycles. The van der Waals surface area contributed by atoms with Crippen LogP contribution in [0.1, 0.15) is 66.2 Å². The zero-order chi connectivity index (χ0) is 19.5. The summed E-state index contributed by atoms with van der Waals surface area (Å²) < 4.78 is 30.0.